The summed E-state index contributed by atoms with van der Waals surface area (Å²) in [6, 6.07) is 7.49. The number of nitrogens with one attached hydrogen (secondary N) is 1. The molecule has 2 heterocycles. The van der Waals surface area contributed by atoms with Gasteiger partial charge < -0.3 is 24.8 Å². The summed E-state index contributed by atoms with van der Waals surface area (Å²) in [5.41, 5.74) is 1.81. The van der Waals surface area contributed by atoms with Gasteiger partial charge in [-0.3, -0.25) is 4.79 Å². The maximum absolute atomic E-state index is 11.6. The minimum atomic E-state index is -1.06. The maximum Gasteiger partial charge on any atom is 0.248 e. The first-order valence-electron chi connectivity index (χ1n) is 8.53. The number of hydrogen-bond acceptors (Lipinski definition) is 6. The van der Waals surface area contributed by atoms with Crippen molar-refractivity contribution in [3.05, 3.63) is 30.1 Å². The van der Waals surface area contributed by atoms with E-state index in [1.165, 1.54) is 6.92 Å². The van der Waals surface area contributed by atoms with Crippen LogP contribution in [0.2, 0.25) is 0 Å². The van der Waals surface area contributed by atoms with E-state index in [-0.39, 0.29) is 12.5 Å². The van der Waals surface area contributed by atoms with Crippen molar-refractivity contribution in [2.45, 2.75) is 33.1 Å². The number of hydrogen-bond donors (Lipinski definition) is 3. The monoisotopic (exact) mass is 358 g/mol. The number of imidazole rings is 1. The van der Waals surface area contributed by atoms with Crippen LogP contribution >= 0.6 is 0 Å². The molecular weight excluding hydrogens is 336 g/mol. The Hall–Kier alpha value is -2.71. The largest absolute Gasteiger partial charge is 0.492 e. The standard InChI is InChI=1S/C18H22N4O4/c1-3-26-10-14-21-15-16(22(14)9-8-19-17(24)11(2)23)12-6-4-5-7-13(12)20-18(15)25/h4-7,11,23H,3,8-10H2,1-2H3,(H,19,24)(H,20,25). The topological polar surface area (TPSA) is 110 Å². The maximum atomic E-state index is 11.6. The molecule has 3 N–H and O–H groups in total. The average Bonchev–Trinajstić information content (AvgIpc) is 2.99. The highest BCUT2D eigenvalue weighted by molar-refractivity contribution is 6.04. The summed E-state index contributed by atoms with van der Waals surface area (Å²) >= 11 is 0. The molecule has 8 nitrogen and oxygen atoms in total. The SMILES string of the molecule is CCOCc1nc2c(O)nc3ccccc3c2n1CCNC(=O)C(C)O. The van der Waals surface area contributed by atoms with Crippen LogP contribution in [-0.2, 0) is 22.7 Å². The number of aliphatic hydroxyl groups excluding tert-OH is 1. The predicted octanol–water partition coefficient (Wildman–Crippen LogP) is 1.32. The quantitative estimate of drug-likeness (QED) is 0.588. The second-order valence-corrected chi connectivity index (χ2v) is 5.93. The van der Waals surface area contributed by atoms with Crippen LogP contribution in [0.25, 0.3) is 21.9 Å². The van der Waals surface area contributed by atoms with Crippen molar-refractivity contribution in [2.75, 3.05) is 13.2 Å². The van der Waals surface area contributed by atoms with Crippen molar-refractivity contribution in [1.82, 2.24) is 19.9 Å². The lowest BCUT2D eigenvalue weighted by atomic mass is 10.2. The van der Waals surface area contributed by atoms with E-state index in [2.05, 4.69) is 15.3 Å². The van der Waals surface area contributed by atoms with Gasteiger partial charge in [0.15, 0.2) is 5.52 Å². The summed E-state index contributed by atoms with van der Waals surface area (Å²) in [4.78, 5) is 20.3. The Morgan fingerprint density at radius 3 is 2.85 bits per heavy atom. The summed E-state index contributed by atoms with van der Waals surface area (Å²) in [6.07, 6.45) is -1.06. The summed E-state index contributed by atoms with van der Waals surface area (Å²) < 4.78 is 7.41. The number of aromatic hydroxyl groups is 1. The van der Waals surface area contributed by atoms with Crippen molar-refractivity contribution >= 4 is 27.8 Å². The molecule has 0 radical (unpaired) electrons. The lowest BCUT2D eigenvalue weighted by Gasteiger charge is -2.12. The Labute approximate surface area is 150 Å². The molecule has 0 aliphatic heterocycles. The Bertz CT molecular complexity index is 936. The molecule has 1 atom stereocenters. The molecule has 138 valence electrons. The fourth-order valence-electron chi connectivity index (χ4n) is 2.85. The van der Waals surface area contributed by atoms with Gasteiger partial charge in [0.05, 0.1) is 11.0 Å². The molecule has 0 saturated heterocycles. The molecule has 8 heteroatoms. The number of aliphatic hydroxyl groups is 1. The van der Waals surface area contributed by atoms with E-state index in [1.807, 2.05) is 35.8 Å². The number of carbonyl (C=O) groups excluding carboxylic acids is 1. The van der Waals surface area contributed by atoms with E-state index in [1.54, 1.807) is 0 Å². The second-order valence-electron chi connectivity index (χ2n) is 5.93. The van der Waals surface area contributed by atoms with E-state index in [9.17, 15) is 15.0 Å². The average molecular weight is 358 g/mol. The number of carbonyl (C=O) groups is 1. The lowest BCUT2D eigenvalue weighted by molar-refractivity contribution is -0.128. The molecule has 0 fully saturated rings. The van der Waals surface area contributed by atoms with Gasteiger partial charge in [-0.2, -0.15) is 0 Å². The molecule has 2 aromatic heterocycles. The highest BCUT2D eigenvalue weighted by Gasteiger charge is 2.18. The number of fused-ring (bicyclic) bond motifs is 3. The number of benzene rings is 1. The molecule has 1 aromatic carbocycles. The fourth-order valence-corrected chi connectivity index (χ4v) is 2.85. The van der Waals surface area contributed by atoms with E-state index >= 15 is 0 Å². The van der Waals surface area contributed by atoms with Crippen LogP contribution < -0.4 is 5.32 Å². The number of ether oxygens (including phenoxy) is 1. The first-order chi connectivity index (χ1) is 12.5. The molecule has 26 heavy (non-hydrogen) atoms. The van der Waals surface area contributed by atoms with Crippen molar-refractivity contribution in [3.8, 4) is 5.88 Å². The van der Waals surface area contributed by atoms with Crippen LogP contribution in [0.5, 0.6) is 5.88 Å². The van der Waals surface area contributed by atoms with Gasteiger partial charge in [0.1, 0.15) is 18.5 Å². The van der Waals surface area contributed by atoms with Gasteiger partial charge >= 0.3 is 0 Å². The Morgan fingerprint density at radius 2 is 2.12 bits per heavy atom. The van der Waals surface area contributed by atoms with Crippen molar-refractivity contribution in [1.29, 1.82) is 0 Å². The third-order valence-corrected chi connectivity index (χ3v) is 4.09. The number of rotatable bonds is 7. The predicted molar refractivity (Wildman–Crippen MR) is 96.7 cm³/mol. The molecule has 0 saturated carbocycles. The third kappa shape index (κ3) is 3.47. The van der Waals surface area contributed by atoms with Gasteiger partial charge in [0.25, 0.3) is 0 Å². The van der Waals surface area contributed by atoms with E-state index in [0.29, 0.717) is 36.6 Å². The zero-order chi connectivity index (χ0) is 18.7. The van der Waals surface area contributed by atoms with Crippen molar-refractivity contribution in [3.63, 3.8) is 0 Å². The molecular formula is C18H22N4O4. The zero-order valence-corrected chi connectivity index (χ0v) is 14.8. The van der Waals surface area contributed by atoms with Gasteiger partial charge in [0.2, 0.25) is 11.8 Å². The van der Waals surface area contributed by atoms with Crippen molar-refractivity contribution < 1.29 is 19.7 Å². The highest BCUT2D eigenvalue weighted by Crippen LogP contribution is 2.30. The minimum Gasteiger partial charge on any atom is -0.492 e. The Kier molecular flexibility index (Phi) is 5.34. The Balaban J connectivity index is 2.05. The molecule has 1 amide bonds. The fraction of sp³-hybridized carbons (Fsp3) is 0.389. The lowest BCUT2D eigenvalue weighted by Crippen LogP contribution is -2.34. The first kappa shape index (κ1) is 18.1. The Morgan fingerprint density at radius 1 is 1.35 bits per heavy atom. The molecule has 0 bridgehead atoms. The van der Waals surface area contributed by atoms with Crippen LogP contribution in [0.15, 0.2) is 24.3 Å². The second kappa shape index (κ2) is 7.67. The van der Waals surface area contributed by atoms with E-state index < -0.39 is 12.0 Å². The number of aromatic nitrogens is 3. The molecule has 0 spiro atoms. The van der Waals surface area contributed by atoms with Crippen LogP contribution in [-0.4, -0.2) is 49.9 Å². The van der Waals surface area contributed by atoms with Gasteiger partial charge in [-0.05, 0) is 19.9 Å². The molecule has 0 aliphatic rings. The molecule has 3 rings (SSSR count). The minimum absolute atomic E-state index is 0.136. The number of nitrogens with zero attached hydrogens (tertiary/aromatic N) is 3. The normalized spacial score (nSPS) is 12.6. The summed E-state index contributed by atoms with van der Waals surface area (Å²) in [7, 11) is 0. The smallest absolute Gasteiger partial charge is 0.248 e. The number of amides is 1. The van der Waals surface area contributed by atoms with Crippen molar-refractivity contribution in [2.24, 2.45) is 0 Å². The number of pyridine rings is 1. The summed E-state index contributed by atoms with van der Waals surface area (Å²) in [6.45, 7) is 4.86. The van der Waals surface area contributed by atoms with Crippen LogP contribution in [0.4, 0.5) is 0 Å². The number of para-hydroxylation sites is 1. The summed E-state index contributed by atoms with van der Waals surface area (Å²) in [5.74, 6) is 0.0694. The van der Waals surface area contributed by atoms with Crippen LogP contribution in [0, 0.1) is 0 Å². The van der Waals surface area contributed by atoms with Gasteiger partial charge in [0, 0.05) is 25.1 Å². The highest BCUT2D eigenvalue weighted by atomic mass is 16.5. The van der Waals surface area contributed by atoms with Gasteiger partial charge in [-0.25, -0.2) is 9.97 Å². The molecule has 1 unspecified atom stereocenters. The third-order valence-electron chi connectivity index (χ3n) is 4.09. The molecule has 0 aliphatic carbocycles. The van der Waals surface area contributed by atoms with E-state index in [4.69, 9.17) is 4.74 Å². The van der Waals surface area contributed by atoms with Crippen LogP contribution in [0.1, 0.15) is 19.7 Å². The van der Waals surface area contributed by atoms with Crippen LogP contribution in [0.3, 0.4) is 0 Å². The summed E-state index contributed by atoms with van der Waals surface area (Å²) in [5, 5.41) is 23.1. The first-order valence-corrected chi connectivity index (χ1v) is 8.53. The van der Waals surface area contributed by atoms with E-state index in [0.717, 1.165) is 10.9 Å². The molecule has 3 aromatic rings. The van der Waals surface area contributed by atoms with Gasteiger partial charge in [-0.15, -0.1) is 0 Å². The van der Waals surface area contributed by atoms with Gasteiger partial charge in [-0.1, -0.05) is 18.2 Å². The zero-order valence-electron chi connectivity index (χ0n) is 14.8.